The van der Waals surface area contributed by atoms with Crippen molar-refractivity contribution in [2.24, 2.45) is 0 Å². The smallest absolute Gasteiger partial charge is 0.313 e. The van der Waals surface area contributed by atoms with Crippen molar-refractivity contribution in [3.63, 3.8) is 0 Å². The summed E-state index contributed by atoms with van der Waals surface area (Å²) in [6, 6.07) is 0.505. The number of aryl methyl sites for hydroxylation is 1. The van der Waals surface area contributed by atoms with E-state index in [1.54, 1.807) is 0 Å². The van der Waals surface area contributed by atoms with Crippen LogP contribution in [0.5, 0.6) is 0 Å². The molecule has 0 saturated carbocycles. The van der Waals surface area contributed by atoms with Gasteiger partial charge in [-0.25, -0.2) is 0 Å². The van der Waals surface area contributed by atoms with Gasteiger partial charge in [0.25, 0.3) is 0 Å². The molecule has 1 unspecified atom stereocenters. The number of likely N-dealkylation sites (N-methyl/N-ethyl adjacent to an activating group) is 1. The van der Waals surface area contributed by atoms with E-state index in [0.29, 0.717) is 6.04 Å². The molecule has 2 heterocycles. The third-order valence-electron chi connectivity index (χ3n) is 3.66. The van der Waals surface area contributed by atoms with E-state index in [1.165, 1.54) is 24.6 Å². The van der Waals surface area contributed by atoms with E-state index in [2.05, 4.69) is 33.6 Å². The molecule has 1 N–H and O–H groups in total. The SMILES string of the molecule is CCCc1nnc(SCC(=O)O)n1CC1CCCN1C. The summed E-state index contributed by atoms with van der Waals surface area (Å²) >= 11 is 1.26. The molecule has 112 valence electrons. The molecule has 1 aliphatic rings. The maximum absolute atomic E-state index is 10.7. The van der Waals surface area contributed by atoms with Crippen LogP contribution in [0.2, 0.25) is 0 Å². The van der Waals surface area contributed by atoms with Crippen molar-refractivity contribution in [3.8, 4) is 0 Å². The van der Waals surface area contributed by atoms with E-state index >= 15 is 0 Å². The van der Waals surface area contributed by atoms with Crippen LogP contribution in [0, 0.1) is 0 Å². The Kier molecular flexibility index (Phi) is 5.42. The largest absolute Gasteiger partial charge is 0.481 e. The monoisotopic (exact) mass is 298 g/mol. The number of hydrogen-bond donors (Lipinski definition) is 1. The molecule has 1 aromatic rings. The molecular weight excluding hydrogens is 276 g/mol. The highest BCUT2D eigenvalue weighted by Crippen LogP contribution is 2.22. The van der Waals surface area contributed by atoms with Crippen molar-refractivity contribution < 1.29 is 9.90 Å². The summed E-state index contributed by atoms with van der Waals surface area (Å²) < 4.78 is 2.11. The lowest BCUT2D eigenvalue weighted by Crippen LogP contribution is -2.30. The summed E-state index contributed by atoms with van der Waals surface area (Å²) in [4.78, 5) is 13.1. The van der Waals surface area contributed by atoms with Crippen LogP contribution < -0.4 is 0 Å². The highest BCUT2D eigenvalue weighted by atomic mass is 32.2. The Hall–Kier alpha value is -1.08. The topological polar surface area (TPSA) is 71.2 Å². The Morgan fingerprint density at radius 2 is 2.30 bits per heavy atom. The molecule has 20 heavy (non-hydrogen) atoms. The van der Waals surface area contributed by atoms with Gasteiger partial charge in [-0.3, -0.25) is 4.79 Å². The van der Waals surface area contributed by atoms with Gasteiger partial charge in [0.2, 0.25) is 0 Å². The molecule has 1 atom stereocenters. The fourth-order valence-electron chi connectivity index (χ4n) is 2.56. The molecule has 0 aromatic carbocycles. The van der Waals surface area contributed by atoms with Crippen LogP contribution in [0.1, 0.15) is 32.0 Å². The summed E-state index contributed by atoms with van der Waals surface area (Å²) in [6.07, 6.45) is 4.31. The molecule has 2 rings (SSSR count). The molecule has 1 saturated heterocycles. The van der Waals surface area contributed by atoms with E-state index in [-0.39, 0.29) is 5.75 Å². The van der Waals surface area contributed by atoms with Crippen LogP contribution >= 0.6 is 11.8 Å². The number of nitrogens with zero attached hydrogens (tertiary/aromatic N) is 4. The summed E-state index contributed by atoms with van der Waals surface area (Å²) in [7, 11) is 2.14. The minimum absolute atomic E-state index is 0.0325. The number of carboxylic acids is 1. The third kappa shape index (κ3) is 3.73. The van der Waals surface area contributed by atoms with Gasteiger partial charge < -0.3 is 14.6 Å². The van der Waals surface area contributed by atoms with E-state index in [1.807, 2.05) is 0 Å². The Bertz CT molecular complexity index is 463. The van der Waals surface area contributed by atoms with E-state index in [9.17, 15) is 4.79 Å². The number of carboxylic acid groups (broad SMARTS) is 1. The second-order valence-electron chi connectivity index (χ2n) is 5.22. The normalized spacial score (nSPS) is 19.6. The van der Waals surface area contributed by atoms with Crippen LogP contribution in [0.15, 0.2) is 5.16 Å². The van der Waals surface area contributed by atoms with Crippen molar-refractivity contribution in [3.05, 3.63) is 5.82 Å². The second kappa shape index (κ2) is 7.08. The standard InChI is InChI=1S/C13H22N4O2S/c1-3-5-11-14-15-13(20-9-12(18)19)17(11)8-10-6-4-7-16(10)2/h10H,3-9H2,1-2H3,(H,18,19). The van der Waals surface area contributed by atoms with Crippen LogP contribution in [0.25, 0.3) is 0 Å². The van der Waals surface area contributed by atoms with Gasteiger partial charge in [-0.2, -0.15) is 0 Å². The quantitative estimate of drug-likeness (QED) is 0.769. The molecule has 0 radical (unpaired) electrons. The average molecular weight is 298 g/mol. The first-order valence-corrected chi connectivity index (χ1v) is 8.07. The van der Waals surface area contributed by atoms with Gasteiger partial charge >= 0.3 is 5.97 Å². The Morgan fingerprint density at radius 1 is 1.50 bits per heavy atom. The second-order valence-corrected chi connectivity index (χ2v) is 6.16. The molecule has 0 aliphatic carbocycles. The fraction of sp³-hybridized carbons (Fsp3) is 0.769. The van der Waals surface area contributed by atoms with E-state index in [4.69, 9.17) is 5.11 Å². The van der Waals surface area contributed by atoms with Crippen LogP contribution in [-0.2, 0) is 17.8 Å². The van der Waals surface area contributed by atoms with Gasteiger partial charge in [-0.05, 0) is 32.9 Å². The maximum Gasteiger partial charge on any atom is 0.313 e. The lowest BCUT2D eigenvalue weighted by molar-refractivity contribution is -0.133. The zero-order chi connectivity index (χ0) is 14.5. The lowest BCUT2D eigenvalue weighted by atomic mass is 10.2. The number of rotatable bonds is 7. The summed E-state index contributed by atoms with van der Waals surface area (Å²) in [6.45, 7) is 4.11. The Labute approximate surface area is 123 Å². The fourth-order valence-corrected chi connectivity index (χ4v) is 3.25. The molecule has 0 bridgehead atoms. The number of thioether (sulfide) groups is 1. The lowest BCUT2D eigenvalue weighted by Gasteiger charge is -2.21. The van der Waals surface area contributed by atoms with Crippen molar-refractivity contribution in [2.45, 2.75) is 50.4 Å². The Morgan fingerprint density at radius 3 is 2.90 bits per heavy atom. The van der Waals surface area contributed by atoms with Gasteiger partial charge in [0.1, 0.15) is 5.82 Å². The van der Waals surface area contributed by atoms with Gasteiger partial charge in [-0.15, -0.1) is 10.2 Å². The predicted molar refractivity (Wildman–Crippen MR) is 78.0 cm³/mol. The summed E-state index contributed by atoms with van der Waals surface area (Å²) in [5.41, 5.74) is 0. The van der Waals surface area contributed by atoms with Crippen molar-refractivity contribution in [1.29, 1.82) is 0 Å². The highest BCUT2D eigenvalue weighted by molar-refractivity contribution is 7.99. The molecule has 6 nitrogen and oxygen atoms in total. The maximum atomic E-state index is 10.7. The molecule has 1 fully saturated rings. The number of hydrogen-bond acceptors (Lipinski definition) is 5. The molecule has 7 heteroatoms. The number of likely N-dealkylation sites (tertiary alicyclic amines) is 1. The number of carbonyl (C=O) groups is 1. The first-order chi connectivity index (χ1) is 9.61. The number of aromatic nitrogens is 3. The van der Waals surface area contributed by atoms with Gasteiger partial charge in [-0.1, -0.05) is 18.7 Å². The van der Waals surface area contributed by atoms with Gasteiger partial charge in [0, 0.05) is 19.0 Å². The minimum atomic E-state index is -0.820. The first-order valence-electron chi connectivity index (χ1n) is 7.08. The number of aliphatic carboxylic acids is 1. The van der Waals surface area contributed by atoms with Crippen LogP contribution in [-0.4, -0.2) is 56.1 Å². The van der Waals surface area contributed by atoms with E-state index in [0.717, 1.165) is 36.9 Å². The predicted octanol–water partition coefficient (Wildman–Crippen LogP) is 1.50. The highest BCUT2D eigenvalue weighted by Gasteiger charge is 2.24. The average Bonchev–Trinajstić information content (AvgIpc) is 2.97. The minimum Gasteiger partial charge on any atom is -0.481 e. The van der Waals surface area contributed by atoms with E-state index < -0.39 is 5.97 Å². The molecule has 0 spiro atoms. The van der Waals surface area contributed by atoms with Crippen LogP contribution in [0.3, 0.4) is 0 Å². The third-order valence-corrected chi connectivity index (χ3v) is 4.61. The molecule has 0 amide bonds. The van der Waals surface area contributed by atoms with Gasteiger partial charge in [0.05, 0.1) is 5.75 Å². The van der Waals surface area contributed by atoms with Gasteiger partial charge in [0.15, 0.2) is 5.16 Å². The molecule has 1 aromatic heterocycles. The molecular formula is C13H22N4O2S. The zero-order valence-electron chi connectivity index (χ0n) is 12.1. The van der Waals surface area contributed by atoms with Crippen LogP contribution in [0.4, 0.5) is 0 Å². The van der Waals surface area contributed by atoms with Crippen molar-refractivity contribution >= 4 is 17.7 Å². The molecule has 1 aliphatic heterocycles. The first kappa shape index (κ1) is 15.3. The zero-order valence-corrected chi connectivity index (χ0v) is 12.9. The summed E-state index contributed by atoms with van der Waals surface area (Å²) in [5.74, 6) is 0.186. The summed E-state index contributed by atoms with van der Waals surface area (Å²) in [5, 5.41) is 17.9. The Balaban J connectivity index is 2.13. The van der Waals surface area contributed by atoms with Crippen molar-refractivity contribution in [1.82, 2.24) is 19.7 Å². The van der Waals surface area contributed by atoms with Crippen molar-refractivity contribution in [2.75, 3.05) is 19.3 Å².